The van der Waals surface area contributed by atoms with Crippen molar-refractivity contribution >= 4 is 23.4 Å². The minimum absolute atomic E-state index is 0.417. The van der Waals surface area contributed by atoms with Crippen molar-refractivity contribution in [3.63, 3.8) is 0 Å². The summed E-state index contributed by atoms with van der Waals surface area (Å²) in [6, 6.07) is 14.4. The van der Waals surface area contributed by atoms with Crippen LogP contribution in [0.3, 0.4) is 0 Å². The molecule has 0 radical (unpaired) electrons. The number of ether oxygens (including phenoxy) is 1. The third kappa shape index (κ3) is 3.10. The Morgan fingerprint density at radius 3 is 2.70 bits per heavy atom. The summed E-state index contributed by atoms with van der Waals surface area (Å²) in [4.78, 5) is 2.87. The van der Waals surface area contributed by atoms with Crippen LogP contribution in [0.15, 0.2) is 47.4 Å². The number of nitrogens with one attached hydrogen (secondary N) is 1. The first-order valence-electron chi connectivity index (χ1n) is 8.25. The van der Waals surface area contributed by atoms with Crippen LogP contribution < -0.4 is 9.64 Å². The Labute approximate surface area is 146 Å². The van der Waals surface area contributed by atoms with Crippen LogP contribution in [0.5, 0.6) is 11.5 Å². The van der Waals surface area contributed by atoms with E-state index in [0.29, 0.717) is 11.2 Å². The lowest BCUT2D eigenvalue weighted by Crippen LogP contribution is -3.10. The molecule has 4 rings (SSSR count). The summed E-state index contributed by atoms with van der Waals surface area (Å²) in [5.74, 6) is 2.60. The van der Waals surface area contributed by atoms with E-state index in [1.54, 1.807) is 4.90 Å². The summed E-state index contributed by atoms with van der Waals surface area (Å²) in [6.45, 7) is 2.50. The predicted molar refractivity (Wildman–Crippen MR) is 95.9 cm³/mol. The molecule has 2 aliphatic rings. The highest BCUT2D eigenvalue weighted by atomic mass is 35.5. The highest BCUT2D eigenvalue weighted by molar-refractivity contribution is 7.99. The number of fused-ring (bicyclic) bond motifs is 2. The van der Waals surface area contributed by atoms with Crippen molar-refractivity contribution in [2.75, 3.05) is 20.1 Å². The molecule has 1 atom stereocenters. The molecule has 2 heterocycles. The highest BCUT2D eigenvalue weighted by Gasteiger charge is 2.33. The molecule has 1 N–H and O–H groups in total. The SMILES string of the molecule is C[NH+]1CCC([C@@H]2Sc3ccccc3Oc3ccc(Cl)cc32)CC1. The Hall–Kier alpha value is -1.16. The third-order valence-corrected chi connectivity index (χ3v) is 6.63. The zero-order valence-electron chi connectivity index (χ0n) is 13.2. The van der Waals surface area contributed by atoms with Crippen LogP contribution in [0.4, 0.5) is 0 Å². The number of likely N-dealkylation sites (tertiary alicyclic amines) is 1. The van der Waals surface area contributed by atoms with Gasteiger partial charge in [0, 0.05) is 28.7 Å². The predicted octanol–water partition coefficient (Wildman–Crippen LogP) is 4.20. The van der Waals surface area contributed by atoms with E-state index in [-0.39, 0.29) is 0 Å². The summed E-state index contributed by atoms with van der Waals surface area (Å²) in [6.07, 6.45) is 2.52. The number of thioether (sulfide) groups is 1. The van der Waals surface area contributed by atoms with Crippen molar-refractivity contribution in [1.82, 2.24) is 0 Å². The molecular formula is C19H21ClNOS+. The van der Waals surface area contributed by atoms with Crippen LogP contribution in [0.2, 0.25) is 5.02 Å². The third-order valence-electron chi connectivity index (χ3n) is 4.91. The van der Waals surface area contributed by atoms with E-state index >= 15 is 0 Å². The second-order valence-corrected chi connectivity index (χ2v) is 8.18. The average molecular weight is 347 g/mol. The van der Waals surface area contributed by atoms with Gasteiger partial charge in [-0.1, -0.05) is 23.7 Å². The van der Waals surface area contributed by atoms with Crippen LogP contribution in [0.25, 0.3) is 0 Å². The molecule has 0 saturated carbocycles. The number of benzene rings is 2. The number of quaternary nitrogens is 1. The maximum atomic E-state index is 6.30. The minimum atomic E-state index is 0.417. The van der Waals surface area contributed by atoms with E-state index in [2.05, 4.69) is 31.3 Å². The molecule has 0 aliphatic carbocycles. The second-order valence-electron chi connectivity index (χ2n) is 6.56. The lowest BCUT2D eigenvalue weighted by atomic mass is 9.89. The standard InChI is InChI=1S/C19H20ClNOS/c1-21-10-8-13(9-11-21)19-15-12-14(20)6-7-16(15)22-17-4-2-3-5-18(17)23-19/h2-7,12-13,19H,8-11H2,1H3/p+1/t19-/m0/s1. The lowest BCUT2D eigenvalue weighted by molar-refractivity contribution is -0.886. The molecule has 0 amide bonds. The fourth-order valence-electron chi connectivity index (χ4n) is 3.57. The van der Waals surface area contributed by atoms with Gasteiger partial charge in [-0.25, -0.2) is 0 Å². The van der Waals surface area contributed by atoms with Crippen molar-refractivity contribution in [2.45, 2.75) is 23.0 Å². The molecule has 4 heteroatoms. The largest absolute Gasteiger partial charge is 0.456 e. The Bertz CT molecular complexity index is 712. The van der Waals surface area contributed by atoms with Gasteiger partial charge in [0.15, 0.2) is 0 Å². The highest BCUT2D eigenvalue weighted by Crippen LogP contribution is 2.53. The number of hydrogen-bond donors (Lipinski definition) is 1. The number of halogens is 1. The van der Waals surface area contributed by atoms with Gasteiger partial charge in [-0.3, -0.25) is 0 Å². The van der Waals surface area contributed by atoms with Gasteiger partial charge in [0.2, 0.25) is 0 Å². The number of piperidine rings is 1. The topological polar surface area (TPSA) is 13.7 Å². The normalized spacial score (nSPS) is 26.6. The van der Waals surface area contributed by atoms with Crippen LogP contribution in [-0.2, 0) is 0 Å². The molecule has 2 aliphatic heterocycles. The van der Waals surface area contributed by atoms with Gasteiger partial charge in [-0.15, -0.1) is 11.8 Å². The quantitative estimate of drug-likeness (QED) is 0.831. The second kappa shape index (κ2) is 6.39. The van der Waals surface area contributed by atoms with E-state index in [0.717, 1.165) is 16.5 Å². The molecule has 120 valence electrons. The van der Waals surface area contributed by atoms with Crippen LogP contribution >= 0.6 is 23.4 Å². The maximum Gasteiger partial charge on any atom is 0.141 e. The summed E-state index contributed by atoms with van der Waals surface area (Å²) >= 11 is 8.24. The Morgan fingerprint density at radius 1 is 1.09 bits per heavy atom. The van der Waals surface area contributed by atoms with Crippen molar-refractivity contribution in [1.29, 1.82) is 0 Å². The summed E-state index contributed by atoms with van der Waals surface area (Å²) < 4.78 is 6.21. The van der Waals surface area contributed by atoms with E-state index in [1.165, 1.54) is 36.4 Å². The zero-order valence-corrected chi connectivity index (χ0v) is 14.8. The molecule has 0 bridgehead atoms. The van der Waals surface area contributed by atoms with Gasteiger partial charge < -0.3 is 9.64 Å². The first-order valence-corrected chi connectivity index (χ1v) is 9.51. The van der Waals surface area contributed by atoms with Gasteiger partial charge in [-0.2, -0.15) is 0 Å². The molecule has 2 aromatic carbocycles. The fourth-order valence-corrected chi connectivity index (χ4v) is 5.18. The van der Waals surface area contributed by atoms with E-state index in [4.69, 9.17) is 16.3 Å². The molecular weight excluding hydrogens is 326 g/mol. The lowest BCUT2D eigenvalue weighted by Gasteiger charge is -2.32. The molecule has 1 saturated heterocycles. The van der Waals surface area contributed by atoms with E-state index < -0.39 is 0 Å². The van der Waals surface area contributed by atoms with Crippen LogP contribution in [-0.4, -0.2) is 20.1 Å². The Balaban J connectivity index is 1.76. The number of para-hydroxylation sites is 1. The van der Waals surface area contributed by atoms with Crippen molar-refractivity contribution in [2.24, 2.45) is 5.92 Å². The minimum Gasteiger partial charge on any atom is -0.456 e. The Morgan fingerprint density at radius 2 is 1.87 bits per heavy atom. The van der Waals surface area contributed by atoms with E-state index in [9.17, 15) is 0 Å². The van der Waals surface area contributed by atoms with Gasteiger partial charge in [0.1, 0.15) is 11.5 Å². The monoisotopic (exact) mass is 346 g/mol. The van der Waals surface area contributed by atoms with Gasteiger partial charge in [0.05, 0.1) is 25.0 Å². The molecule has 0 unspecified atom stereocenters. The summed E-state index contributed by atoms with van der Waals surface area (Å²) in [5.41, 5.74) is 1.25. The smallest absolute Gasteiger partial charge is 0.141 e. The maximum absolute atomic E-state index is 6.30. The summed E-state index contributed by atoms with van der Waals surface area (Å²) in [5, 5.41) is 1.21. The number of hydrogen-bond acceptors (Lipinski definition) is 2. The first-order chi connectivity index (χ1) is 11.2. The van der Waals surface area contributed by atoms with Crippen LogP contribution in [0.1, 0.15) is 23.7 Å². The Kier molecular flexibility index (Phi) is 4.27. The molecule has 2 nitrogen and oxygen atoms in total. The van der Waals surface area contributed by atoms with E-state index in [1.807, 2.05) is 30.0 Å². The van der Waals surface area contributed by atoms with Crippen LogP contribution in [0, 0.1) is 5.92 Å². The molecule has 0 spiro atoms. The molecule has 1 fully saturated rings. The van der Waals surface area contributed by atoms with Gasteiger partial charge in [0.25, 0.3) is 0 Å². The van der Waals surface area contributed by atoms with Crippen molar-refractivity contribution in [3.8, 4) is 11.5 Å². The molecule has 23 heavy (non-hydrogen) atoms. The zero-order chi connectivity index (χ0) is 15.8. The fraction of sp³-hybridized carbons (Fsp3) is 0.368. The molecule has 2 aromatic rings. The van der Waals surface area contributed by atoms with Gasteiger partial charge in [-0.05, 0) is 36.2 Å². The average Bonchev–Trinajstić information content (AvgIpc) is 2.72. The van der Waals surface area contributed by atoms with Crippen molar-refractivity contribution < 1.29 is 9.64 Å². The number of rotatable bonds is 1. The first kappa shape index (κ1) is 15.4. The van der Waals surface area contributed by atoms with Crippen molar-refractivity contribution in [3.05, 3.63) is 53.1 Å². The van der Waals surface area contributed by atoms with Gasteiger partial charge >= 0.3 is 0 Å². The summed E-state index contributed by atoms with van der Waals surface area (Å²) in [7, 11) is 2.29. The molecule has 0 aromatic heterocycles.